The Morgan fingerprint density at radius 1 is 0.661 bits per heavy atom. The highest BCUT2D eigenvalue weighted by atomic mass is 32.2. The van der Waals surface area contributed by atoms with E-state index in [4.69, 9.17) is 29.4 Å². The quantitative estimate of drug-likeness (QED) is 0.0326. The van der Waals surface area contributed by atoms with Gasteiger partial charge in [0.25, 0.3) is 0 Å². The molecule has 124 heavy (non-hydrogen) atoms. The number of aryl methyl sites for hydroxylation is 6. The lowest BCUT2D eigenvalue weighted by molar-refractivity contribution is -0.142. The zero-order valence-electron chi connectivity index (χ0n) is 73.5. The summed E-state index contributed by atoms with van der Waals surface area (Å²) in [4.78, 5) is 111. The number of carbonyl (C=O) groups is 6. The molecular weight excluding hydrogens is 1650 g/mol. The van der Waals surface area contributed by atoms with Crippen LogP contribution in [0.4, 0.5) is 8.78 Å². The van der Waals surface area contributed by atoms with Crippen molar-refractivity contribution in [3.63, 3.8) is 0 Å². The maximum Gasteiger partial charge on any atom is 0.240 e. The van der Waals surface area contributed by atoms with Gasteiger partial charge in [-0.3, -0.25) is 38.2 Å². The summed E-state index contributed by atoms with van der Waals surface area (Å²) in [6.45, 7) is 31.4. The van der Waals surface area contributed by atoms with Gasteiger partial charge < -0.3 is 19.3 Å². The maximum absolute atomic E-state index is 15.1. The number of nitrogens with zero attached hydrogens (tertiary/aromatic N) is 6. The number of halogens is 2. The minimum Gasteiger partial charge on any atom is -0.488 e. The number of likely N-dealkylation sites (tertiary alicyclic amines) is 1. The van der Waals surface area contributed by atoms with Crippen LogP contribution in [0.15, 0.2) is 121 Å². The van der Waals surface area contributed by atoms with Crippen LogP contribution in [0, 0.1) is 87.7 Å². The Morgan fingerprint density at radius 2 is 1.22 bits per heavy atom. The van der Waals surface area contributed by atoms with Gasteiger partial charge in [0.2, 0.25) is 43.7 Å². The molecule has 4 amide bonds. The summed E-state index contributed by atoms with van der Waals surface area (Å²) in [6, 6.07) is 19.6. The Morgan fingerprint density at radius 3 is 1.75 bits per heavy atom. The molecule has 6 fully saturated rings. The van der Waals surface area contributed by atoms with Crippen molar-refractivity contribution in [2.45, 2.75) is 270 Å². The van der Waals surface area contributed by atoms with E-state index in [0.29, 0.717) is 79.8 Å². The van der Waals surface area contributed by atoms with E-state index in [-0.39, 0.29) is 104 Å². The minimum atomic E-state index is -3.97. The van der Waals surface area contributed by atoms with Crippen LogP contribution < -0.4 is 18.9 Å². The van der Waals surface area contributed by atoms with Crippen LogP contribution in [-0.4, -0.2) is 129 Å². The minimum absolute atomic E-state index is 0.0972. The van der Waals surface area contributed by atoms with Crippen LogP contribution >= 0.6 is 22.7 Å². The van der Waals surface area contributed by atoms with Gasteiger partial charge in [-0.15, -0.1) is 35.8 Å². The van der Waals surface area contributed by atoms with Gasteiger partial charge in [-0.25, -0.2) is 45.6 Å². The number of benzene rings is 4. The third kappa shape index (κ3) is 19.6. The molecule has 0 spiro atoms. The fourth-order valence-corrected chi connectivity index (χ4v) is 22.7. The van der Waals surface area contributed by atoms with Crippen molar-refractivity contribution >= 4 is 99.7 Å². The third-order valence-electron chi connectivity index (χ3n) is 27.2. The average Bonchev–Trinajstić information content (AvgIpc) is 1.56. The smallest absolute Gasteiger partial charge is 0.240 e. The lowest BCUT2D eigenvalue weighted by atomic mass is 9.89. The number of sulfonamides is 2. The lowest BCUT2D eigenvalue weighted by Crippen LogP contribution is -2.47. The molecule has 4 saturated carbocycles. The zero-order valence-corrected chi connectivity index (χ0v) is 76.8. The molecule has 15 rings (SSSR count). The fourth-order valence-electron chi connectivity index (χ4n) is 18.2. The van der Waals surface area contributed by atoms with Crippen LogP contribution in [0.2, 0.25) is 0 Å². The number of ether oxygens (including phenoxy) is 2. The number of hydrogen-bond acceptors (Lipinski definition) is 18. The normalized spacial score (nSPS) is 23.9. The molecule has 7 heterocycles. The van der Waals surface area contributed by atoms with Gasteiger partial charge in [-0.2, -0.15) is 0 Å². The van der Waals surface area contributed by atoms with Crippen molar-refractivity contribution in [3.05, 3.63) is 189 Å². The number of aromatic nitrogens is 4. The first kappa shape index (κ1) is 91.0. The highest BCUT2D eigenvalue weighted by Gasteiger charge is 2.64. The van der Waals surface area contributed by atoms with Crippen LogP contribution in [0.3, 0.4) is 0 Å². The molecule has 2 N–H and O–H groups in total. The molecule has 4 aromatic carbocycles. The SMILES string of the molecule is C=CCCCCC[C@H](Cc1cc(C)cc(F)c1)C(=O)N1C[C@H](Oc2cc(-c3nc(C(C)C)cs3)nc3c(C)c(C)ccc23)C[C@H]1C(=O)C[C@]1(C(=O)NS(=O)(=O)C2(C)CC2)C[C@H]1C=C.Cc1cc(F)cc(C[C@H]2CCCCC/C=C\[C@@H]3C[C@@]3(C(=O)NS(=O)(=O)C3(C)CC3)CC(=O)[C@@H]3C[C@@H](Oc4cc(-c5nc(C(C)C)cs5)nc5c(C)c(C)ccc45)CN3C2=O)c1. The lowest BCUT2D eigenvalue weighted by Gasteiger charge is -2.29. The van der Waals surface area contributed by atoms with E-state index < -0.39 is 94.2 Å². The second-order valence-electron chi connectivity index (χ2n) is 37.5. The second-order valence-corrected chi connectivity index (χ2v) is 43.6. The monoisotopic (exact) mass is 1760 g/mol. The summed E-state index contributed by atoms with van der Waals surface area (Å²) in [5.74, 6) is -3.36. The number of hydrogen-bond donors (Lipinski definition) is 2. The van der Waals surface area contributed by atoms with E-state index in [1.54, 1.807) is 29.7 Å². The number of ketones is 2. The molecule has 2 saturated heterocycles. The molecule has 0 bridgehead atoms. The first-order valence-electron chi connectivity index (χ1n) is 44.1. The van der Waals surface area contributed by atoms with Crippen LogP contribution in [0.25, 0.3) is 43.2 Å². The van der Waals surface area contributed by atoms with Crippen molar-refractivity contribution in [2.24, 2.45) is 34.5 Å². The van der Waals surface area contributed by atoms with Gasteiger partial charge in [0.15, 0.2) is 11.6 Å². The molecule has 4 aliphatic carbocycles. The van der Waals surface area contributed by atoms with Crippen molar-refractivity contribution in [1.82, 2.24) is 39.2 Å². The molecule has 20 nitrogen and oxygen atoms in total. The van der Waals surface area contributed by atoms with Crippen LogP contribution in [-0.2, 0) is 61.7 Å². The van der Waals surface area contributed by atoms with E-state index in [0.717, 1.165) is 134 Å². The predicted octanol–water partition coefficient (Wildman–Crippen LogP) is 19.3. The number of fused-ring (bicyclic) bond motifs is 4. The van der Waals surface area contributed by atoms with Gasteiger partial charge >= 0.3 is 0 Å². The van der Waals surface area contributed by atoms with E-state index in [1.807, 2.05) is 119 Å². The number of pyridine rings is 2. The topological polar surface area (TPSA) is 271 Å². The zero-order chi connectivity index (χ0) is 88.9. The molecule has 10 atom stereocenters. The van der Waals surface area contributed by atoms with Gasteiger partial charge in [-0.05, 0) is 250 Å². The van der Waals surface area contributed by atoms with Crippen LogP contribution in [0.1, 0.15) is 238 Å². The number of Topliss-reactive ketones (excluding diaryl/α,β-unsaturated/α-hetero) is 2. The van der Waals surface area contributed by atoms with E-state index in [1.165, 1.54) is 46.9 Å². The predicted molar refractivity (Wildman–Crippen MR) is 484 cm³/mol. The van der Waals surface area contributed by atoms with Crippen molar-refractivity contribution in [2.75, 3.05) is 13.1 Å². The summed E-state index contributed by atoms with van der Waals surface area (Å²) in [5, 5.41) is 7.22. The molecule has 26 heteroatoms. The molecule has 660 valence electrons. The number of unbranched alkanes of at least 4 members (excludes halogenated alkanes) is 3. The maximum atomic E-state index is 15.1. The highest BCUT2D eigenvalue weighted by Crippen LogP contribution is 2.59. The second kappa shape index (κ2) is 36.6. The Labute approximate surface area is 736 Å². The molecule has 0 radical (unpaired) electrons. The van der Waals surface area contributed by atoms with Gasteiger partial charge in [-0.1, -0.05) is 102 Å². The van der Waals surface area contributed by atoms with E-state index >= 15 is 9.59 Å². The summed E-state index contributed by atoms with van der Waals surface area (Å²) in [5.41, 5.74) is 9.40. The van der Waals surface area contributed by atoms with E-state index in [9.17, 15) is 44.8 Å². The summed E-state index contributed by atoms with van der Waals surface area (Å²) < 4.78 is 99.1. The fraction of sp³-hybridized carbons (Fsp3) is 0.510. The Balaban J connectivity index is 0.000000202. The largest absolute Gasteiger partial charge is 0.488 e. The summed E-state index contributed by atoms with van der Waals surface area (Å²) in [7, 11) is -7.91. The molecule has 3 aliphatic heterocycles. The number of rotatable bonds is 29. The molecule has 4 aromatic heterocycles. The Bertz CT molecular complexity index is 5730. The number of nitrogens with one attached hydrogen (secondary N) is 2. The van der Waals surface area contributed by atoms with Gasteiger partial charge in [0.05, 0.1) is 67.9 Å². The first-order chi connectivity index (χ1) is 58.8. The van der Waals surface area contributed by atoms with Crippen molar-refractivity contribution < 1.29 is 63.9 Å². The number of thiazole rings is 2. The summed E-state index contributed by atoms with van der Waals surface area (Å²) in [6.07, 6.45) is 17.0. The van der Waals surface area contributed by atoms with E-state index in [2.05, 4.69) is 50.3 Å². The highest BCUT2D eigenvalue weighted by molar-refractivity contribution is 7.92. The van der Waals surface area contributed by atoms with Gasteiger partial charge in [0, 0.05) is 71.2 Å². The molecular formula is C98H118F2N8O12S4. The first-order valence-corrected chi connectivity index (χ1v) is 48.9. The molecule has 0 unspecified atom stereocenters. The molecule has 8 aromatic rings. The van der Waals surface area contributed by atoms with Crippen molar-refractivity contribution in [1.29, 1.82) is 0 Å². The standard InChI is InChI=1S/C50H61FN4O6S2.C48H57FN4O6S2/c1-9-11-12-13-14-15-35(22-34-20-31(5)21-37(51)23-34)47(57)55-28-38(24-42(55)43(56)27-50(26-36(50)10-2)48(58)54-63(59,60)49(8)18-19-49)61-44-25-40(46-53-41(29-62-46)30(3)4)52-45-33(7)32(6)16-17-39(44)45;1-28(2)39-27-60-44(51-39)38-23-42(37-15-14-30(4)31(5)43(37)50-38)59-36-22-40-41(54)25-48(46(56)52-61(57,58)47(6)16-17-47)24-34(48)13-11-9-7-8-10-12-33(45(55)53(40)26-36)20-32-18-29(3)19-35(49)21-32/h9-10,16-17,20-21,23,25,29-30,35-36,38,42H,1-2,11-15,18-19,22,24,26-28H2,3-8H3,(H,54,58);11,13-15,18-19,21,23,27-28,33-34,36,40H,7-10,12,16-17,20,22,24-26H2,1-6H3,(H,52,56)/b;13-11-/t35-,36-,38-,42+,50-;33-,34-,36-,40+,48-/m11/s1. The molecule has 7 aliphatic rings. The number of amides is 4. The van der Waals surface area contributed by atoms with Gasteiger partial charge in [0.1, 0.15) is 56.7 Å². The third-order valence-corrected chi connectivity index (χ3v) is 33.3. The summed E-state index contributed by atoms with van der Waals surface area (Å²) >= 11 is 3.04. The average molecular weight is 1770 g/mol. The van der Waals surface area contributed by atoms with Crippen molar-refractivity contribution in [3.8, 4) is 32.9 Å². The number of allylic oxidation sites excluding steroid dienone is 4. The van der Waals surface area contributed by atoms with Crippen LogP contribution in [0.5, 0.6) is 11.5 Å². The Hall–Kier alpha value is -9.24. The Kier molecular flexibility index (Phi) is 26.9. The number of carbonyl (C=O) groups excluding carboxylic acids is 6.